The van der Waals surface area contributed by atoms with Crippen LogP contribution in [0.1, 0.15) is 38.8 Å². The minimum Gasteiger partial charge on any atom is -0.493 e. The number of hydrogen-bond donors (Lipinski definition) is 4. The number of ether oxygens (including phenoxy) is 2. The van der Waals surface area contributed by atoms with E-state index in [1.807, 2.05) is 27.7 Å². The van der Waals surface area contributed by atoms with Gasteiger partial charge in [-0.3, -0.25) is 9.59 Å². The lowest BCUT2D eigenvalue weighted by atomic mass is 10.2. The second-order valence-electron chi connectivity index (χ2n) is 10.1. The quantitative estimate of drug-likeness (QED) is 0.120. The second-order valence-corrected chi connectivity index (χ2v) is 10.1. The van der Waals surface area contributed by atoms with Crippen molar-refractivity contribution >= 4 is 23.6 Å². The van der Waals surface area contributed by atoms with Crippen molar-refractivity contribution in [3.8, 4) is 11.5 Å². The lowest BCUT2D eigenvalue weighted by Crippen LogP contribution is -2.47. The largest absolute Gasteiger partial charge is 0.493 e. The van der Waals surface area contributed by atoms with E-state index in [1.165, 1.54) is 0 Å². The molecule has 2 rings (SSSR count). The highest BCUT2D eigenvalue weighted by Crippen LogP contribution is 2.17. The standard InChI is InChI=1S/C28H38N4O10/c1-17(2)15-39-21-9-5-19(6-10-21)13-31(27(29)37)41-25(35)23(33)24(34)26(36)42-32(28(30)38)14-20-7-11-22(12-8-20)40-16-18(3)4/h5-12,17-18,25-26,35-36H,13-16H2,1-4H3,(H2,29,37)(H2,30,38). The molecule has 0 saturated heterocycles. The van der Waals surface area contributed by atoms with Crippen LogP contribution in [-0.2, 0) is 32.4 Å². The first-order valence-corrected chi connectivity index (χ1v) is 13.1. The number of aliphatic hydroxyl groups is 2. The van der Waals surface area contributed by atoms with Gasteiger partial charge in [-0.2, -0.15) is 10.1 Å². The molecule has 6 N–H and O–H groups in total. The number of urea groups is 2. The number of nitrogens with zero attached hydrogens (tertiary/aromatic N) is 2. The molecule has 14 heteroatoms. The molecule has 230 valence electrons. The van der Waals surface area contributed by atoms with Crippen molar-refractivity contribution in [3.63, 3.8) is 0 Å². The Balaban J connectivity index is 1.97. The molecule has 4 amide bonds. The smallest absolute Gasteiger partial charge is 0.339 e. The van der Waals surface area contributed by atoms with E-state index in [2.05, 4.69) is 0 Å². The van der Waals surface area contributed by atoms with Crippen LogP contribution in [-0.4, -0.2) is 69.8 Å². The number of carbonyl (C=O) groups excluding carboxylic acids is 4. The molecule has 0 spiro atoms. The Labute approximate surface area is 243 Å². The Bertz CT molecular complexity index is 1090. The van der Waals surface area contributed by atoms with Gasteiger partial charge >= 0.3 is 12.1 Å². The highest BCUT2D eigenvalue weighted by Gasteiger charge is 2.35. The van der Waals surface area contributed by atoms with Gasteiger partial charge in [-0.05, 0) is 47.2 Å². The molecule has 2 aromatic carbocycles. The Morgan fingerprint density at radius 1 is 0.643 bits per heavy atom. The summed E-state index contributed by atoms with van der Waals surface area (Å²) in [6, 6.07) is 10.7. The van der Waals surface area contributed by atoms with Gasteiger partial charge in [0.25, 0.3) is 11.6 Å². The fourth-order valence-corrected chi connectivity index (χ4v) is 3.15. The van der Waals surface area contributed by atoms with Crippen molar-refractivity contribution < 1.29 is 48.5 Å². The summed E-state index contributed by atoms with van der Waals surface area (Å²) in [7, 11) is 0. The summed E-state index contributed by atoms with van der Waals surface area (Å²) in [5, 5.41) is 21.2. The Morgan fingerprint density at radius 3 is 1.21 bits per heavy atom. The van der Waals surface area contributed by atoms with Crippen molar-refractivity contribution in [1.29, 1.82) is 0 Å². The maximum absolute atomic E-state index is 12.4. The number of Topliss-reactive ketones (excluding diaryl/α,β-unsaturated/α-hetero) is 2. The molecule has 2 unspecified atom stereocenters. The summed E-state index contributed by atoms with van der Waals surface area (Å²) in [5.41, 5.74) is 11.6. The fourth-order valence-electron chi connectivity index (χ4n) is 3.15. The van der Waals surface area contributed by atoms with Gasteiger partial charge in [-0.25, -0.2) is 19.3 Å². The number of hydrogen-bond acceptors (Lipinski definition) is 10. The predicted molar refractivity (Wildman–Crippen MR) is 148 cm³/mol. The second kappa shape index (κ2) is 16.3. The van der Waals surface area contributed by atoms with E-state index in [0.717, 1.165) is 0 Å². The van der Waals surface area contributed by atoms with E-state index in [-0.39, 0.29) is 13.1 Å². The Morgan fingerprint density at radius 2 is 0.952 bits per heavy atom. The molecule has 0 fully saturated rings. The van der Waals surface area contributed by atoms with Crippen molar-refractivity contribution in [3.05, 3.63) is 59.7 Å². The molecular weight excluding hydrogens is 552 g/mol. The van der Waals surface area contributed by atoms with Crippen LogP contribution in [0.25, 0.3) is 0 Å². The number of primary amides is 2. The van der Waals surface area contributed by atoms with Crippen LogP contribution in [0.4, 0.5) is 9.59 Å². The van der Waals surface area contributed by atoms with Gasteiger partial charge in [0, 0.05) is 0 Å². The molecule has 2 atom stereocenters. The molecule has 0 aliphatic rings. The van der Waals surface area contributed by atoms with Crippen LogP contribution >= 0.6 is 0 Å². The molecule has 0 heterocycles. The molecule has 0 aromatic heterocycles. The van der Waals surface area contributed by atoms with Gasteiger partial charge in [0.2, 0.25) is 12.6 Å². The van der Waals surface area contributed by atoms with Crippen LogP contribution < -0.4 is 20.9 Å². The average molecular weight is 591 g/mol. The number of amides is 4. The third-order valence-electron chi connectivity index (χ3n) is 5.30. The molecule has 42 heavy (non-hydrogen) atoms. The maximum atomic E-state index is 12.4. The van der Waals surface area contributed by atoms with Crippen molar-refractivity contribution in [2.45, 2.75) is 53.4 Å². The third kappa shape index (κ3) is 11.3. The zero-order valence-electron chi connectivity index (χ0n) is 24.0. The highest BCUT2D eigenvalue weighted by atomic mass is 16.8. The van der Waals surface area contributed by atoms with E-state index >= 15 is 0 Å². The monoisotopic (exact) mass is 590 g/mol. The summed E-state index contributed by atoms with van der Waals surface area (Å²) in [6.45, 7) is 8.41. The molecule has 0 aliphatic carbocycles. The molecular formula is C28H38N4O10. The van der Waals surface area contributed by atoms with Crippen molar-refractivity contribution in [1.82, 2.24) is 10.1 Å². The fraction of sp³-hybridized carbons (Fsp3) is 0.429. The molecule has 0 saturated carbocycles. The topological polar surface area (TPSA) is 204 Å². The van der Waals surface area contributed by atoms with Crippen molar-refractivity contribution in [2.75, 3.05) is 13.2 Å². The summed E-state index contributed by atoms with van der Waals surface area (Å²) >= 11 is 0. The van der Waals surface area contributed by atoms with Gasteiger partial charge in [0.15, 0.2) is 0 Å². The zero-order valence-corrected chi connectivity index (χ0v) is 24.0. The minimum absolute atomic E-state index is 0.297. The van der Waals surface area contributed by atoms with Crippen LogP contribution in [0.3, 0.4) is 0 Å². The maximum Gasteiger partial charge on any atom is 0.339 e. The van der Waals surface area contributed by atoms with E-state index in [4.69, 9.17) is 30.6 Å². The van der Waals surface area contributed by atoms with E-state index in [0.29, 0.717) is 57.8 Å². The minimum atomic E-state index is -2.53. The Kier molecular flexibility index (Phi) is 13.2. The van der Waals surface area contributed by atoms with Crippen LogP contribution in [0, 0.1) is 11.8 Å². The Hall–Kier alpha value is -4.24. The lowest BCUT2D eigenvalue weighted by molar-refractivity contribution is -0.244. The van der Waals surface area contributed by atoms with Gasteiger partial charge in [0.1, 0.15) is 11.5 Å². The van der Waals surface area contributed by atoms with Gasteiger partial charge in [0.05, 0.1) is 26.3 Å². The van der Waals surface area contributed by atoms with E-state index in [1.54, 1.807) is 48.5 Å². The number of hydroxylamine groups is 4. The molecule has 0 radical (unpaired) electrons. The first-order chi connectivity index (χ1) is 19.8. The van der Waals surface area contributed by atoms with Gasteiger partial charge < -0.3 is 31.2 Å². The van der Waals surface area contributed by atoms with E-state index < -0.39 is 36.2 Å². The van der Waals surface area contributed by atoms with Crippen LogP contribution in [0.2, 0.25) is 0 Å². The highest BCUT2D eigenvalue weighted by molar-refractivity contribution is 6.39. The molecule has 0 bridgehead atoms. The first-order valence-electron chi connectivity index (χ1n) is 13.1. The number of aliphatic hydroxyl groups excluding tert-OH is 2. The van der Waals surface area contributed by atoms with Gasteiger partial charge in [-0.15, -0.1) is 0 Å². The summed E-state index contributed by atoms with van der Waals surface area (Å²) in [6.07, 6.45) is -5.06. The number of carbonyl (C=O) groups is 4. The SMILES string of the molecule is CC(C)COc1ccc(CN(OC(O)C(=O)C(=O)C(O)ON(Cc2ccc(OCC(C)C)cc2)C(N)=O)C(N)=O)cc1. The molecule has 14 nitrogen and oxygen atoms in total. The molecule has 0 aliphatic heterocycles. The zero-order chi connectivity index (χ0) is 31.4. The summed E-state index contributed by atoms with van der Waals surface area (Å²) in [4.78, 5) is 58.3. The number of rotatable bonds is 17. The van der Waals surface area contributed by atoms with Gasteiger partial charge in [-0.1, -0.05) is 52.0 Å². The normalized spacial score (nSPS) is 12.5. The van der Waals surface area contributed by atoms with Crippen molar-refractivity contribution in [2.24, 2.45) is 23.3 Å². The lowest BCUT2D eigenvalue weighted by Gasteiger charge is -2.24. The third-order valence-corrected chi connectivity index (χ3v) is 5.30. The van der Waals surface area contributed by atoms with Crippen LogP contribution in [0.15, 0.2) is 48.5 Å². The van der Waals surface area contributed by atoms with Crippen LogP contribution in [0.5, 0.6) is 11.5 Å². The predicted octanol–water partition coefficient (Wildman–Crippen LogP) is 1.86. The summed E-state index contributed by atoms with van der Waals surface area (Å²) in [5.74, 6) is -1.54. The first kappa shape index (κ1) is 34.0. The number of benzene rings is 2. The molecule has 2 aromatic rings. The number of ketones is 2. The number of nitrogens with two attached hydrogens (primary N) is 2. The van der Waals surface area contributed by atoms with E-state index in [9.17, 15) is 29.4 Å². The average Bonchev–Trinajstić information content (AvgIpc) is 2.94. The summed E-state index contributed by atoms with van der Waals surface area (Å²) < 4.78 is 11.2.